The summed E-state index contributed by atoms with van der Waals surface area (Å²) in [6.45, 7) is 5.49. The van der Waals surface area contributed by atoms with Crippen LogP contribution in [0.4, 0.5) is 0 Å². The molecule has 1 heterocycles. The minimum Gasteiger partial charge on any atom is -0.308 e. The molecule has 0 aliphatic heterocycles. The van der Waals surface area contributed by atoms with Gasteiger partial charge in [0.25, 0.3) is 0 Å². The molecule has 1 saturated carbocycles. The molecule has 1 aromatic heterocycles. The summed E-state index contributed by atoms with van der Waals surface area (Å²) >= 11 is 1.83. The molecule has 1 aliphatic carbocycles. The quantitative estimate of drug-likeness (QED) is 0.753. The Morgan fingerprint density at radius 1 is 1.15 bits per heavy atom. The average Bonchev–Trinajstić information content (AvgIpc) is 2.76. The number of rotatable bonds is 7. The SMILES string of the molecule is CCCNC(CC)c1nnc(CC2CCCCCC2)s1. The molecule has 3 nitrogen and oxygen atoms in total. The summed E-state index contributed by atoms with van der Waals surface area (Å²) < 4.78 is 0. The zero-order chi connectivity index (χ0) is 14.2. The summed E-state index contributed by atoms with van der Waals surface area (Å²) in [5.41, 5.74) is 0. The second-order valence-corrected chi connectivity index (χ2v) is 7.10. The van der Waals surface area contributed by atoms with Gasteiger partial charge in [0.2, 0.25) is 0 Å². The van der Waals surface area contributed by atoms with E-state index in [0.717, 1.165) is 25.3 Å². The summed E-state index contributed by atoms with van der Waals surface area (Å²) in [5.74, 6) is 0.849. The summed E-state index contributed by atoms with van der Waals surface area (Å²) in [7, 11) is 0. The van der Waals surface area contributed by atoms with E-state index in [2.05, 4.69) is 29.4 Å². The third-order valence-corrected chi connectivity index (χ3v) is 5.33. The van der Waals surface area contributed by atoms with Crippen LogP contribution in [0.5, 0.6) is 0 Å². The Balaban J connectivity index is 1.89. The Morgan fingerprint density at radius 2 is 1.90 bits per heavy atom. The number of hydrogen-bond donors (Lipinski definition) is 1. The summed E-state index contributed by atoms with van der Waals surface area (Å²) in [6, 6.07) is 0.398. The fourth-order valence-corrected chi connectivity index (χ4v) is 4.15. The summed E-state index contributed by atoms with van der Waals surface area (Å²) in [6.07, 6.45) is 11.9. The smallest absolute Gasteiger partial charge is 0.134 e. The lowest BCUT2D eigenvalue weighted by molar-refractivity contribution is 0.455. The molecular formula is C16H29N3S. The molecule has 1 atom stereocenters. The van der Waals surface area contributed by atoms with E-state index in [1.807, 2.05) is 11.3 Å². The van der Waals surface area contributed by atoms with E-state index in [9.17, 15) is 0 Å². The van der Waals surface area contributed by atoms with Crippen LogP contribution < -0.4 is 5.32 Å². The predicted octanol–water partition coefficient (Wildman–Crippen LogP) is 4.50. The van der Waals surface area contributed by atoms with Crippen molar-refractivity contribution in [1.82, 2.24) is 15.5 Å². The van der Waals surface area contributed by atoms with Gasteiger partial charge in [0.15, 0.2) is 0 Å². The van der Waals surface area contributed by atoms with Gasteiger partial charge in [0.1, 0.15) is 10.0 Å². The Hall–Kier alpha value is -0.480. The molecular weight excluding hydrogens is 266 g/mol. The number of aromatic nitrogens is 2. The third kappa shape index (κ3) is 4.81. The van der Waals surface area contributed by atoms with E-state index in [-0.39, 0.29) is 0 Å². The van der Waals surface area contributed by atoms with Gasteiger partial charge in [-0.25, -0.2) is 0 Å². The highest BCUT2D eigenvalue weighted by Gasteiger charge is 2.18. The first-order chi connectivity index (χ1) is 9.83. The molecule has 1 aromatic rings. The maximum absolute atomic E-state index is 4.45. The normalized spacial score (nSPS) is 18.9. The molecule has 4 heteroatoms. The summed E-state index contributed by atoms with van der Waals surface area (Å²) in [5, 5.41) is 14.9. The molecule has 1 N–H and O–H groups in total. The van der Waals surface area contributed by atoms with Crippen molar-refractivity contribution < 1.29 is 0 Å². The first-order valence-electron chi connectivity index (χ1n) is 8.39. The van der Waals surface area contributed by atoms with Gasteiger partial charge in [0.05, 0.1) is 6.04 Å². The number of hydrogen-bond acceptors (Lipinski definition) is 4. The van der Waals surface area contributed by atoms with Crippen molar-refractivity contribution in [2.24, 2.45) is 5.92 Å². The van der Waals surface area contributed by atoms with Crippen molar-refractivity contribution in [2.45, 2.75) is 77.7 Å². The van der Waals surface area contributed by atoms with E-state index < -0.39 is 0 Å². The minimum absolute atomic E-state index is 0.398. The second kappa shape index (κ2) is 8.73. The van der Waals surface area contributed by atoms with Crippen LogP contribution in [0.25, 0.3) is 0 Å². The van der Waals surface area contributed by atoms with Crippen LogP contribution in [0.2, 0.25) is 0 Å². The lowest BCUT2D eigenvalue weighted by Gasteiger charge is -2.13. The highest BCUT2D eigenvalue weighted by Crippen LogP contribution is 2.28. The number of nitrogens with one attached hydrogen (secondary N) is 1. The monoisotopic (exact) mass is 295 g/mol. The fourth-order valence-electron chi connectivity index (χ4n) is 3.03. The van der Waals surface area contributed by atoms with Gasteiger partial charge in [-0.2, -0.15) is 0 Å². The van der Waals surface area contributed by atoms with E-state index >= 15 is 0 Å². The first kappa shape index (κ1) is 15.9. The molecule has 0 amide bonds. The van der Waals surface area contributed by atoms with Gasteiger partial charge < -0.3 is 5.32 Å². The van der Waals surface area contributed by atoms with Crippen molar-refractivity contribution in [3.05, 3.63) is 10.0 Å². The molecule has 0 radical (unpaired) electrons. The highest BCUT2D eigenvalue weighted by atomic mass is 32.1. The molecule has 0 saturated heterocycles. The van der Waals surface area contributed by atoms with E-state index in [0.29, 0.717) is 6.04 Å². The number of nitrogens with zero attached hydrogens (tertiary/aromatic N) is 2. The van der Waals surface area contributed by atoms with Crippen LogP contribution in [0, 0.1) is 5.92 Å². The predicted molar refractivity (Wildman–Crippen MR) is 86.1 cm³/mol. The Labute approximate surface area is 127 Å². The Kier molecular flexibility index (Phi) is 6.94. The van der Waals surface area contributed by atoms with Gasteiger partial charge in [-0.1, -0.05) is 63.7 Å². The molecule has 2 rings (SSSR count). The fraction of sp³-hybridized carbons (Fsp3) is 0.875. The van der Waals surface area contributed by atoms with E-state index in [1.165, 1.54) is 55.0 Å². The second-order valence-electron chi connectivity index (χ2n) is 6.01. The van der Waals surface area contributed by atoms with E-state index in [4.69, 9.17) is 0 Å². The zero-order valence-electron chi connectivity index (χ0n) is 13.0. The largest absolute Gasteiger partial charge is 0.308 e. The van der Waals surface area contributed by atoms with Crippen molar-refractivity contribution >= 4 is 11.3 Å². The van der Waals surface area contributed by atoms with Crippen LogP contribution in [0.1, 0.15) is 81.3 Å². The molecule has 20 heavy (non-hydrogen) atoms. The minimum atomic E-state index is 0.398. The average molecular weight is 295 g/mol. The van der Waals surface area contributed by atoms with Crippen molar-refractivity contribution in [3.8, 4) is 0 Å². The molecule has 0 spiro atoms. The lowest BCUT2D eigenvalue weighted by atomic mass is 9.97. The van der Waals surface area contributed by atoms with Gasteiger partial charge in [0, 0.05) is 6.42 Å². The maximum Gasteiger partial charge on any atom is 0.134 e. The van der Waals surface area contributed by atoms with Gasteiger partial charge in [-0.05, 0) is 25.3 Å². The topological polar surface area (TPSA) is 37.8 Å². The van der Waals surface area contributed by atoms with Crippen LogP contribution in [-0.2, 0) is 6.42 Å². The van der Waals surface area contributed by atoms with Crippen molar-refractivity contribution in [2.75, 3.05) is 6.54 Å². The molecule has 1 unspecified atom stereocenters. The van der Waals surface area contributed by atoms with E-state index in [1.54, 1.807) is 0 Å². The zero-order valence-corrected chi connectivity index (χ0v) is 13.8. The third-order valence-electron chi connectivity index (χ3n) is 4.27. The maximum atomic E-state index is 4.45. The van der Waals surface area contributed by atoms with Crippen LogP contribution in [-0.4, -0.2) is 16.7 Å². The Bertz CT molecular complexity index is 370. The summed E-state index contributed by atoms with van der Waals surface area (Å²) in [4.78, 5) is 0. The van der Waals surface area contributed by atoms with Gasteiger partial charge >= 0.3 is 0 Å². The standard InChI is InChI=1S/C16H29N3S/c1-3-11-17-14(4-2)16-19-18-15(20-16)12-13-9-7-5-6-8-10-13/h13-14,17H,3-12H2,1-2H3. The molecule has 114 valence electrons. The van der Waals surface area contributed by atoms with Crippen molar-refractivity contribution in [1.29, 1.82) is 0 Å². The van der Waals surface area contributed by atoms with Crippen molar-refractivity contribution in [3.63, 3.8) is 0 Å². The van der Waals surface area contributed by atoms with Gasteiger partial charge in [-0.15, -0.1) is 10.2 Å². The van der Waals surface area contributed by atoms with Gasteiger partial charge in [-0.3, -0.25) is 0 Å². The Morgan fingerprint density at radius 3 is 2.55 bits per heavy atom. The van der Waals surface area contributed by atoms with Crippen LogP contribution >= 0.6 is 11.3 Å². The molecule has 0 bridgehead atoms. The highest BCUT2D eigenvalue weighted by molar-refractivity contribution is 7.11. The molecule has 0 aromatic carbocycles. The van der Waals surface area contributed by atoms with Crippen LogP contribution in [0.15, 0.2) is 0 Å². The lowest BCUT2D eigenvalue weighted by Crippen LogP contribution is -2.21. The van der Waals surface area contributed by atoms with Crippen LogP contribution in [0.3, 0.4) is 0 Å². The first-order valence-corrected chi connectivity index (χ1v) is 9.20. The molecule has 1 aliphatic rings. The molecule has 1 fully saturated rings.